The summed E-state index contributed by atoms with van der Waals surface area (Å²) >= 11 is 0. The van der Waals surface area contributed by atoms with E-state index in [1.165, 1.54) is 0 Å². The van der Waals surface area contributed by atoms with Crippen LogP contribution in [0, 0.1) is 0 Å². The fourth-order valence-electron chi connectivity index (χ4n) is 0.648. The van der Waals surface area contributed by atoms with Crippen LogP contribution in [0.1, 0.15) is 7.85 Å². The molecule has 76 valence electrons. The molecule has 0 saturated heterocycles. The zero-order chi connectivity index (χ0) is 9.99. The van der Waals surface area contributed by atoms with E-state index in [-0.39, 0.29) is 31.0 Å². The minimum atomic E-state index is -4.84. The quantitative estimate of drug-likeness (QED) is 0.252. The number of aliphatic hydroxyl groups excluding tert-OH is 1. The van der Waals surface area contributed by atoms with E-state index in [9.17, 15) is 9.13 Å². The molecule has 0 atom stereocenters. The van der Waals surface area contributed by atoms with Crippen molar-refractivity contribution in [2.24, 2.45) is 0 Å². The van der Waals surface area contributed by atoms with Gasteiger partial charge < -0.3 is 26.1 Å². The van der Waals surface area contributed by atoms with Crippen LogP contribution in [0.3, 0.4) is 0 Å². The van der Waals surface area contributed by atoms with Gasteiger partial charge in [0.25, 0.3) is 0 Å². The van der Waals surface area contributed by atoms with Gasteiger partial charge in [0, 0.05) is 6.61 Å². The smallest absolute Gasteiger partial charge is 1.00 e. The topological polar surface area (TPSA) is 135 Å². The zero-order valence-electron chi connectivity index (χ0n) is 7.94. The molecule has 0 fully saturated rings. The average Bonchev–Trinajstić information content (AvgIpc) is 1.77. The first-order chi connectivity index (χ1) is 5.19. The van der Waals surface area contributed by atoms with Crippen molar-refractivity contribution < 1.29 is 64.8 Å². The van der Waals surface area contributed by atoms with Gasteiger partial charge in [-0.05, 0) is 6.42 Å². The zero-order valence-corrected chi connectivity index (χ0v) is 10.7. The monoisotopic (exact) mass is 244 g/mol. The SMILES string of the molecule is O=P(O)(O)C(CCO)P(=O)(O)O.[H-].[Na+]. The maximum absolute atomic E-state index is 10.5. The van der Waals surface area contributed by atoms with Crippen LogP contribution in [0.5, 0.6) is 0 Å². The van der Waals surface area contributed by atoms with Crippen molar-refractivity contribution in [2.75, 3.05) is 6.61 Å². The van der Waals surface area contributed by atoms with Crippen LogP contribution in [-0.2, 0) is 9.13 Å². The summed E-state index contributed by atoms with van der Waals surface area (Å²) < 4.78 is 20.9. The molecule has 0 amide bonds. The molecule has 7 nitrogen and oxygen atoms in total. The third-order valence-electron chi connectivity index (χ3n) is 1.16. The standard InChI is InChI=1S/C3H10O7P2.Na.H/c4-2-1-3(11(5,6)7)12(8,9)10;;/h3-4H,1-2H2,(H2,5,6,7)(H2,8,9,10);;/q;+1;-1. The van der Waals surface area contributed by atoms with Crippen molar-refractivity contribution in [1.82, 2.24) is 0 Å². The number of hydrogen-bond donors (Lipinski definition) is 5. The summed E-state index contributed by atoms with van der Waals surface area (Å²) in [5, 5.41) is 6.19. The van der Waals surface area contributed by atoms with Gasteiger partial charge in [-0.1, -0.05) is 0 Å². The maximum Gasteiger partial charge on any atom is 1.00 e. The molecule has 0 rings (SSSR count). The molecular formula is C3H11NaO7P2. The van der Waals surface area contributed by atoms with Crippen molar-refractivity contribution in [3.05, 3.63) is 0 Å². The van der Waals surface area contributed by atoms with Gasteiger partial charge in [-0.3, -0.25) is 9.13 Å². The van der Waals surface area contributed by atoms with Crippen LogP contribution in [-0.4, -0.2) is 36.7 Å². The fourth-order valence-corrected chi connectivity index (χ4v) is 3.12. The Labute approximate surface area is 98.3 Å². The molecule has 0 aromatic carbocycles. The van der Waals surface area contributed by atoms with Crippen LogP contribution in [0.25, 0.3) is 0 Å². The normalized spacial score (nSPS) is 12.8. The molecule has 0 heterocycles. The Morgan fingerprint density at radius 1 is 1.08 bits per heavy atom. The first-order valence-corrected chi connectivity index (χ1v) is 6.27. The van der Waals surface area contributed by atoms with Crippen LogP contribution >= 0.6 is 15.2 Å². The molecule has 0 radical (unpaired) electrons. The van der Waals surface area contributed by atoms with Crippen molar-refractivity contribution in [3.63, 3.8) is 0 Å². The van der Waals surface area contributed by atoms with E-state index in [4.69, 9.17) is 24.7 Å². The Bertz CT molecular complexity index is 213. The predicted molar refractivity (Wildman–Crippen MR) is 40.7 cm³/mol. The Morgan fingerprint density at radius 2 is 1.38 bits per heavy atom. The largest absolute Gasteiger partial charge is 1.00 e. The number of rotatable bonds is 4. The molecule has 0 bridgehead atoms. The number of aliphatic hydroxyl groups is 1. The molecule has 0 aromatic heterocycles. The van der Waals surface area contributed by atoms with Crippen LogP contribution in [0.15, 0.2) is 0 Å². The van der Waals surface area contributed by atoms with E-state index in [0.717, 1.165) is 0 Å². The molecule has 0 saturated carbocycles. The van der Waals surface area contributed by atoms with Gasteiger partial charge in [-0.2, -0.15) is 0 Å². The van der Waals surface area contributed by atoms with E-state index in [1.807, 2.05) is 0 Å². The van der Waals surface area contributed by atoms with Gasteiger partial charge in [0.1, 0.15) is 0 Å². The molecule has 0 aromatic rings. The van der Waals surface area contributed by atoms with Gasteiger partial charge >= 0.3 is 44.7 Å². The van der Waals surface area contributed by atoms with Crippen molar-refractivity contribution in [2.45, 2.75) is 11.8 Å². The third kappa shape index (κ3) is 6.36. The van der Waals surface area contributed by atoms with Gasteiger partial charge in [-0.15, -0.1) is 0 Å². The Balaban J connectivity index is -0.000000605. The van der Waals surface area contributed by atoms with Crippen molar-refractivity contribution in [1.29, 1.82) is 0 Å². The van der Waals surface area contributed by atoms with Crippen molar-refractivity contribution in [3.8, 4) is 0 Å². The minimum Gasteiger partial charge on any atom is -1.00 e. The van der Waals surface area contributed by atoms with Gasteiger partial charge in [-0.25, -0.2) is 0 Å². The number of hydrogen-bond acceptors (Lipinski definition) is 3. The molecule has 0 unspecified atom stereocenters. The third-order valence-corrected chi connectivity index (χ3v) is 5.04. The van der Waals surface area contributed by atoms with Crippen LogP contribution < -0.4 is 29.6 Å². The summed E-state index contributed by atoms with van der Waals surface area (Å²) in [6.45, 7) is -0.680. The predicted octanol–water partition coefficient (Wildman–Crippen LogP) is -3.83. The van der Waals surface area contributed by atoms with Gasteiger partial charge in [0.15, 0.2) is 5.40 Å². The van der Waals surface area contributed by atoms with Gasteiger partial charge in [0.05, 0.1) is 0 Å². The van der Waals surface area contributed by atoms with E-state index in [0.29, 0.717) is 0 Å². The molecule has 0 aliphatic carbocycles. The molecule has 10 heteroatoms. The van der Waals surface area contributed by atoms with Crippen molar-refractivity contribution >= 4 is 15.2 Å². The summed E-state index contributed by atoms with van der Waals surface area (Å²) in [5.41, 5.74) is 0. The van der Waals surface area contributed by atoms with Gasteiger partial charge in [0.2, 0.25) is 0 Å². The summed E-state index contributed by atoms with van der Waals surface area (Å²) in [6.07, 6.45) is -0.617. The van der Waals surface area contributed by atoms with Crippen LogP contribution in [0.4, 0.5) is 0 Å². The van der Waals surface area contributed by atoms with E-state index in [2.05, 4.69) is 0 Å². The molecular weight excluding hydrogens is 233 g/mol. The molecule has 13 heavy (non-hydrogen) atoms. The first kappa shape index (κ1) is 16.7. The second kappa shape index (κ2) is 5.98. The molecule has 0 aliphatic rings. The summed E-state index contributed by atoms with van der Waals surface area (Å²) in [5.74, 6) is 0. The molecule has 5 N–H and O–H groups in total. The molecule has 0 spiro atoms. The van der Waals surface area contributed by atoms with Crippen LogP contribution in [0.2, 0.25) is 0 Å². The first-order valence-electron chi connectivity index (χ1n) is 2.91. The Hall–Kier alpha value is 1.26. The minimum absolute atomic E-state index is 0. The second-order valence-electron chi connectivity index (χ2n) is 2.17. The van der Waals surface area contributed by atoms with E-state index in [1.54, 1.807) is 0 Å². The maximum atomic E-state index is 10.5. The van der Waals surface area contributed by atoms with E-state index >= 15 is 0 Å². The Morgan fingerprint density at radius 3 is 1.46 bits per heavy atom. The Kier molecular flexibility index (Phi) is 7.67. The molecule has 0 aliphatic heterocycles. The fraction of sp³-hybridized carbons (Fsp3) is 1.00. The summed E-state index contributed by atoms with van der Waals surface area (Å²) in [6, 6.07) is 0. The summed E-state index contributed by atoms with van der Waals surface area (Å²) in [7, 11) is -9.67. The average molecular weight is 244 g/mol. The van der Waals surface area contributed by atoms with E-state index < -0.39 is 33.6 Å². The summed E-state index contributed by atoms with van der Waals surface area (Å²) in [4.78, 5) is 33.8. The second-order valence-corrected chi connectivity index (χ2v) is 6.18.